The first-order chi connectivity index (χ1) is 18.9. The van der Waals surface area contributed by atoms with Crippen molar-refractivity contribution in [2.75, 3.05) is 0 Å². The summed E-state index contributed by atoms with van der Waals surface area (Å²) in [6, 6.07) is 4.06. The minimum Gasteiger partial charge on any atom is -0.455 e. The van der Waals surface area contributed by atoms with Crippen LogP contribution in [0.1, 0.15) is 63.5 Å². The van der Waals surface area contributed by atoms with Crippen molar-refractivity contribution in [2.24, 2.45) is 28.6 Å². The molecule has 6 rings (SSSR count). The standard InChI is InChI=1S/C31H28F7NO/c1-29-11-9-18(40-28-26(34)24(32)23(31(36,37)38)25(33)27(28)35)14-17(29)5-6-19-21-8-7-20(16-4-3-13-39-15-16)30(21,2)12-10-22(19)29/h3-5,7,13-15,19,21-22H,6,8-12H2,1-2H3/t19-,21-,22-,29-,30+/m0/s1. The Balaban J connectivity index is 1.28. The minimum absolute atomic E-state index is 0.0382. The first kappa shape index (κ1) is 27.1. The highest BCUT2D eigenvalue weighted by molar-refractivity contribution is 5.72. The fourth-order valence-corrected chi connectivity index (χ4v) is 8.00. The van der Waals surface area contributed by atoms with Crippen LogP contribution < -0.4 is 4.74 Å². The lowest BCUT2D eigenvalue weighted by Crippen LogP contribution is -2.48. The SMILES string of the molecule is C[C@]12CCC(Oc3c(F)c(F)c(C(F)(F)F)c(F)c3F)=CC1=CC[C@@H]1[C@@H]2CC[C@]2(C)C(c3cccnc3)=CC[C@@H]12. The zero-order valence-corrected chi connectivity index (χ0v) is 22.0. The normalized spacial score (nSPS) is 31.4. The van der Waals surface area contributed by atoms with Crippen molar-refractivity contribution >= 4 is 5.57 Å². The van der Waals surface area contributed by atoms with E-state index in [1.807, 2.05) is 12.3 Å². The zero-order valence-electron chi connectivity index (χ0n) is 22.0. The van der Waals surface area contributed by atoms with Gasteiger partial charge in [0.1, 0.15) is 11.3 Å². The molecule has 0 N–H and O–H groups in total. The minimum atomic E-state index is -5.60. The Bertz CT molecular complexity index is 1430. The van der Waals surface area contributed by atoms with E-state index in [9.17, 15) is 30.7 Å². The first-order valence-electron chi connectivity index (χ1n) is 13.5. The summed E-state index contributed by atoms with van der Waals surface area (Å²) in [6.45, 7) is 4.52. The Morgan fingerprint density at radius 1 is 0.900 bits per heavy atom. The number of nitrogens with zero attached hydrogens (tertiary/aromatic N) is 1. The summed E-state index contributed by atoms with van der Waals surface area (Å²) in [5.41, 5.74) is 0.618. The predicted molar refractivity (Wildman–Crippen MR) is 135 cm³/mol. The van der Waals surface area contributed by atoms with Gasteiger partial charge in [0.2, 0.25) is 17.4 Å². The van der Waals surface area contributed by atoms with Crippen molar-refractivity contribution in [1.29, 1.82) is 0 Å². The van der Waals surface area contributed by atoms with Crippen molar-refractivity contribution in [3.63, 3.8) is 0 Å². The number of benzene rings is 1. The van der Waals surface area contributed by atoms with Crippen LogP contribution in [-0.4, -0.2) is 4.98 Å². The number of alkyl halides is 3. The second-order valence-corrected chi connectivity index (χ2v) is 11.9. The summed E-state index contributed by atoms with van der Waals surface area (Å²) in [5, 5.41) is 0. The second-order valence-electron chi connectivity index (χ2n) is 11.9. The molecular formula is C31H28F7NO. The van der Waals surface area contributed by atoms with Gasteiger partial charge in [-0.3, -0.25) is 4.98 Å². The third-order valence-corrected chi connectivity index (χ3v) is 10.0. The van der Waals surface area contributed by atoms with E-state index in [-0.39, 0.29) is 23.0 Å². The third kappa shape index (κ3) is 3.94. The lowest BCUT2D eigenvalue weighted by Gasteiger charge is -2.56. The van der Waals surface area contributed by atoms with E-state index in [1.54, 1.807) is 12.3 Å². The van der Waals surface area contributed by atoms with E-state index in [0.717, 1.165) is 36.8 Å². The molecule has 4 aliphatic rings. The van der Waals surface area contributed by atoms with Crippen LogP contribution in [0.2, 0.25) is 0 Å². The molecule has 2 nitrogen and oxygen atoms in total. The molecule has 0 bridgehead atoms. The van der Waals surface area contributed by atoms with Gasteiger partial charge in [0, 0.05) is 18.8 Å². The van der Waals surface area contributed by atoms with E-state index in [4.69, 9.17) is 4.74 Å². The topological polar surface area (TPSA) is 22.1 Å². The molecule has 1 saturated carbocycles. The number of pyridine rings is 1. The highest BCUT2D eigenvalue weighted by atomic mass is 19.4. The fourth-order valence-electron chi connectivity index (χ4n) is 8.00. The van der Waals surface area contributed by atoms with E-state index < -0.39 is 40.8 Å². The molecule has 4 aliphatic carbocycles. The van der Waals surface area contributed by atoms with Gasteiger partial charge in [-0.25, -0.2) is 8.78 Å². The molecule has 9 heteroatoms. The van der Waals surface area contributed by atoms with Crippen LogP contribution in [0.5, 0.6) is 5.75 Å². The molecule has 0 aliphatic heterocycles. The van der Waals surface area contributed by atoms with Gasteiger partial charge in [0.25, 0.3) is 0 Å². The molecule has 1 fully saturated rings. The number of halogens is 7. The third-order valence-electron chi connectivity index (χ3n) is 10.0. The molecule has 40 heavy (non-hydrogen) atoms. The molecule has 2 aromatic rings. The summed E-state index contributed by atoms with van der Waals surface area (Å²) >= 11 is 0. The molecule has 0 saturated heterocycles. The van der Waals surface area contributed by atoms with Gasteiger partial charge in [-0.2, -0.15) is 22.0 Å². The highest BCUT2D eigenvalue weighted by Crippen LogP contribution is 2.66. The Labute approximate surface area is 227 Å². The summed E-state index contributed by atoms with van der Waals surface area (Å²) in [6.07, 6.45) is 8.76. The lowest BCUT2D eigenvalue weighted by atomic mass is 9.48. The number of rotatable bonds is 3. The molecule has 0 unspecified atom stereocenters. The molecule has 5 atom stereocenters. The molecule has 0 radical (unpaired) electrons. The monoisotopic (exact) mass is 563 g/mol. The predicted octanol–water partition coefficient (Wildman–Crippen LogP) is 9.19. The van der Waals surface area contributed by atoms with Gasteiger partial charge in [-0.1, -0.05) is 32.1 Å². The van der Waals surface area contributed by atoms with E-state index >= 15 is 0 Å². The largest absolute Gasteiger partial charge is 0.455 e. The van der Waals surface area contributed by atoms with Crippen molar-refractivity contribution in [3.05, 3.63) is 88.5 Å². The zero-order chi connectivity index (χ0) is 28.6. The Hall–Kier alpha value is -3.10. The van der Waals surface area contributed by atoms with Gasteiger partial charge >= 0.3 is 6.18 Å². The summed E-state index contributed by atoms with van der Waals surface area (Å²) in [7, 11) is 0. The van der Waals surface area contributed by atoms with Crippen LogP contribution in [0.3, 0.4) is 0 Å². The van der Waals surface area contributed by atoms with Gasteiger partial charge < -0.3 is 4.74 Å². The Kier molecular flexibility index (Phi) is 6.24. The van der Waals surface area contributed by atoms with E-state index in [2.05, 4.69) is 37.0 Å². The maximum atomic E-state index is 14.5. The number of hydrogen-bond acceptors (Lipinski definition) is 2. The number of fused-ring (bicyclic) bond motifs is 5. The van der Waals surface area contributed by atoms with Crippen LogP contribution in [0.4, 0.5) is 30.7 Å². The molecule has 0 amide bonds. The van der Waals surface area contributed by atoms with Gasteiger partial charge in [0.15, 0.2) is 11.6 Å². The number of ether oxygens (including phenoxy) is 1. The number of hydrogen-bond donors (Lipinski definition) is 0. The summed E-state index contributed by atoms with van der Waals surface area (Å²) in [4.78, 5) is 4.31. The van der Waals surface area contributed by atoms with Crippen molar-refractivity contribution in [1.82, 2.24) is 4.98 Å². The quantitative estimate of drug-likeness (QED) is 0.274. The first-order valence-corrected chi connectivity index (χ1v) is 13.5. The Morgan fingerprint density at radius 2 is 1.62 bits per heavy atom. The van der Waals surface area contributed by atoms with Crippen LogP contribution in [0.25, 0.3) is 5.57 Å². The molecular weight excluding hydrogens is 535 g/mol. The molecule has 212 valence electrons. The smallest absolute Gasteiger partial charge is 0.422 e. The van der Waals surface area contributed by atoms with Crippen LogP contribution >= 0.6 is 0 Å². The van der Waals surface area contributed by atoms with E-state index in [0.29, 0.717) is 24.2 Å². The molecule has 1 aromatic carbocycles. The number of allylic oxidation sites excluding steroid dienone is 6. The van der Waals surface area contributed by atoms with Gasteiger partial charge in [-0.05, 0) is 89.5 Å². The number of aromatic nitrogens is 1. The fraction of sp³-hybridized carbons (Fsp3) is 0.452. The van der Waals surface area contributed by atoms with Gasteiger partial charge in [0.05, 0.1) is 0 Å². The van der Waals surface area contributed by atoms with Crippen LogP contribution in [0, 0.1) is 51.9 Å². The Morgan fingerprint density at radius 3 is 2.27 bits per heavy atom. The maximum Gasteiger partial charge on any atom is 0.422 e. The second kappa shape index (κ2) is 9.21. The summed E-state index contributed by atoms with van der Waals surface area (Å²) < 4.78 is 101. The lowest BCUT2D eigenvalue weighted by molar-refractivity contribution is -0.143. The molecule has 0 spiro atoms. The van der Waals surface area contributed by atoms with Gasteiger partial charge in [-0.15, -0.1) is 0 Å². The molecule has 1 heterocycles. The van der Waals surface area contributed by atoms with Crippen molar-refractivity contribution in [3.8, 4) is 5.75 Å². The average molecular weight is 564 g/mol. The van der Waals surface area contributed by atoms with E-state index in [1.165, 1.54) is 5.57 Å². The molecule has 1 aromatic heterocycles. The average Bonchev–Trinajstić information content (AvgIpc) is 3.27. The maximum absolute atomic E-state index is 14.5. The summed E-state index contributed by atoms with van der Waals surface area (Å²) in [5.74, 6) is -9.65. The van der Waals surface area contributed by atoms with Crippen molar-refractivity contribution in [2.45, 2.75) is 58.5 Å². The highest BCUT2D eigenvalue weighted by Gasteiger charge is 2.56. The van der Waals surface area contributed by atoms with Crippen molar-refractivity contribution < 1.29 is 35.5 Å². The van der Waals surface area contributed by atoms with Crippen LogP contribution in [0.15, 0.2) is 54.1 Å². The van der Waals surface area contributed by atoms with Crippen LogP contribution in [-0.2, 0) is 6.18 Å².